The van der Waals surface area contributed by atoms with Crippen LogP contribution in [0.25, 0.3) is 0 Å². The second-order valence-electron chi connectivity index (χ2n) is 16.3. The summed E-state index contributed by atoms with van der Waals surface area (Å²) in [7, 11) is 0. The van der Waals surface area contributed by atoms with Crippen molar-refractivity contribution in [3.05, 3.63) is 97.2 Å². The molecule has 0 aliphatic carbocycles. The van der Waals surface area contributed by atoms with Gasteiger partial charge >= 0.3 is 17.9 Å². The lowest BCUT2D eigenvalue weighted by atomic mass is 10.1. The lowest BCUT2D eigenvalue weighted by molar-refractivity contribution is -0.167. The Hall–Kier alpha value is -3.67. The van der Waals surface area contributed by atoms with Crippen LogP contribution in [-0.2, 0) is 28.6 Å². The molecular weight excluding hydrogens is 769 g/mol. The van der Waals surface area contributed by atoms with E-state index in [1.54, 1.807) is 0 Å². The van der Waals surface area contributed by atoms with E-state index in [-0.39, 0.29) is 37.5 Å². The first-order chi connectivity index (χ1) is 30.5. The minimum Gasteiger partial charge on any atom is -0.462 e. The highest BCUT2D eigenvalue weighted by molar-refractivity contribution is 5.71. The highest BCUT2D eigenvalue weighted by Crippen LogP contribution is 2.14. The first-order valence-electron chi connectivity index (χ1n) is 25.2. The maximum absolute atomic E-state index is 12.8. The Labute approximate surface area is 381 Å². The molecule has 0 rings (SSSR count). The van der Waals surface area contributed by atoms with Crippen LogP contribution in [0.15, 0.2) is 97.2 Å². The van der Waals surface area contributed by atoms with Gasteiger partial charge in [-0.1, -0.05) is 208 Å². The van der Waals surface area contributed by atoms with Crippen LogP contribution in [0.2, 0.25) is 0 Å². The number of rotatable bonds is 44. The molecule has 0 aliphatic heterocycles. The van der Waals surface area contributed by atoms with Crippen LogP contribution in [0, 0.1) is 0 Å². The lowest BCUT2D eigenvalue weighted by Gasteiger charge is -2.18. The maximum atomic E-state index is 12.8. The van der Waals surface area contributed by atoms with Gasteiger partial charge in [0.05, 0.1) is 0 Å². The fourth-order valence-corrected chi connectivity index (χ4v) is 6.61. The summed E-state index contributed by atoms with van der Waals surface area (Å²) in [6.45, 7) is 6.33. The molecule has 0 heterocycles. The van der Waals surface area contributed by atoms with Gasteiger partial charge in [-0.3, -0.25) is 14.4 Å². The molecule has 0 aliphatic rings. The van der Waals surface area contributed by atoms with E-state index in [4.69, 9.17) is 14.2 Å². The number of hydrogen-bond donors (Lipinski definition) is 0. The largest absolute Gasteiger partial charge is 0.462 e. The summed E-state index contributed by atoms with van der Waals surface area (Å²) in [5, 5.41) is 0. The molecule has 0 aromatic carbocycles. The third-order valence-electron chi connectivity index (χ3n) is 10.3. The Morgan fingerprint density at radius 1 is 0.339 bits per heavy atom. The fraction of sp³-hybridized carbons (Fsp3) is 0.661. The minimum atomic E-state index is -0.804. The zero-order chi connectivity index (χ0) is 45.1. The van der Waals surface area contributed by atoms with Crippen molar-refractivity contribution >= 4 is 17.9 Å². The van der Waals surface area contributed by atoms with E-state index >= 15 is 0 Å². The molecule has 0 spiro atoms. The highest BCUT2D eigenvalue weighted by Gasteiger charge is 2.19. The minimum absolute atomic E-state index is 0.0990. The van der Waals surface area contributed by atoms with Gasteiger partial charge < -0.3 is 14.2 Å². The molecule has 0 amide bonds. The number of hydrogen-bond acceptors (Lipinski definition) is 6. The predicted molar refractivity (Wildman–Crippen MR) is 265 cm³/mol. The number of esters is 3. The van der Waals surface area contributed by atoms with E-state index in [1.807, 2.05) is 0 Å². The number of allylic oxidation sites excluding steroid dienone is 16. The molecule has 0 saturated heterocycles. The molecule has 0 aromatic rings. The second kappa shape index (κ2) is 50.0. The molecule has 0 saturated carbocycles. The second-order valence-corrected chi connectivity index (χ2v) is 16.3. The summed E-state index contributed by atoms with van der Waals surface area (Å²) >= 11 is 0. The molecule has 6 nitrogen and oxygen atoms in total. The Balaban J connectivity index is 4.47. The molecular formula is C56H92O6. The van der Waals surface area contributed by atoms with Gasteiger partial charge in [0, 0.05) is 19.3 Å². The van der Waals surface area contributed by atoms with E-state index in [0.29, 0.717) is 19.3 Å². The van der Waals surface area contributed by atoms with Crippen LogP contribution >= 0.6 is 0 Å². The SMILES string of the molecule is CC/C=C\C/C=C\C/C=C\C/C=C\C/C=C\CCCC(=O)OCC(COC(=O)CCCCCCCCCCCC)OC(=O)CCCCCCCCC/C=C\C/C=C\C/C=C\CC. The van der Waals surface area contributed by atoms with Crippen LogP contribution < -0.4 is 0 Å². The van der Waals surface area contributed by atoms with E-state index in [1.165, 1.54) is 70.6 Å². The molecule has 1 unspecified atom stereocenters. The standard InChI is InChI=1S/C56H92O6/c1-4-7-10-13-16-19-22-24-26-28-30-32-34-37-40-43-46-49-55(58)61-52-53(51-60-54(57)48-45-42-39-36-21-18-15-12-9-6-3)62-56(59)50-47-44-41-38-35-33-31-29-27-25-23-20-17-14-11-8-5-2/h7-8,10-11,16-17,19-20,24-27,30,32,37,40,53H,4-6,9,12-15,18,21-23,28-29,31,33-36,38-39,41-52H2,1-3H3/b10-7-,11-8-,19-16-,20-17-,26-24-,27-25-,32-30-,40-37-. The zero-order valence-electron chi connectivity index (χ0n) is 40.1. The van der Waals surface area contributed by atoms with Crippen LogP contribution in [0.4, 0.5) is 0 Å². The first kappa shape index (κ1) is 58.3. The van der Waals surface area contributed by atoms with Gasteiger partial charge in [0.2, 0.25) is 0 Å². The molecule has 62 heavy (non-hydrogen) atoms. The van der Waals surface area contributed by atoms with Crippen LogP contribution in [0.5, 0.6) is 0 Å². The number of carbonyl (C=O) groups is 3. The van der Waals surface area contributed by atoms with Crippen molar-refractivity contribution in [1.29, 1.82) is 0 Å². The Kier molecular flexibility index (Phi) is 47.0. The maximum Gasteiger partial charge on any atom is 0.306 e. The van der Waals surface area contributed by atoms with Crippen molar-refractivity contribution < 1.29 is 28.6 Å². The first-order valence-corrected chi connectivity index (χ1v) is 25.2. The van der Waals surface area contributed by atoms with E-state index in [2.05, 4.69) is 118 Å². The monoisotopic (exact) mass is 861 g/mol. The smallest absolute Gasteiger partial charge is 0.306 e. The predicted octanol–water partition coefficient (Wildman–Crippen LogP) is 16.6. The zero-order valence-corrected chi connectivity index (χ0v) is 40.1. The third kappa shape index (κ3) is 47.4. The van der Waals surface area contributed by atoms with Gasteiger partial charge in [-0.2, -0.15) is 0 Å². The van der Waals surface area contributed by atoms with Gasteiger partial charge in [0.15, 0.2) is 6.10 Å². The summed E-state index contributed by atoms with van der Waals surface area (Å²) < 4.78 is 16.7. The van der Waals surface area contributed by atoms with Crippen molar-refractivity contribution in [1.82, 2.24) is 0 Å². The van der Waals surface area contributed by atoms with Crippen LogP contribution in [-0.4, -0.2) is 37.2 Å². The molecule has 0 N–H and O–H groups in total. The van der Waals surface area contributed by atoms with E-state index < -0.39 is 6.10 Å². The van der Waals surface area contributed by atoms with Crippen molar-refractivity contribution in [2.75, 3.05) is 13.2 Å². The number of ether oxygens (including phenoxy) is 3. The van der Waals surface area contributed by atoms with E-state index in [0.717, 1.165) is 103 Å². The fourth-order valence-electron chi connectivity index (χ4n) is 6.61. The average molecular weight is 861 g/mol. The Morgan fingerprint density at radius 2 is 0.645 bits per heavy atom. The lowest BCUT2D eigenvalue weighted by Crippen LogP contribution is -2.30. The van der Waals surface area contributed by atoms with Gasteiger partial charge in [-0.05, 0) is 89.9 Å². The number of carbonyl (C=O) groups excluding carboxylic acids is 3. The molecule has 0 bridgehead atoms. The normalized spacial score (nSPS) is 12.9. The van der Waals surface area contributed by atoms with Gasteiger partial charge in [0.25, 0.3) is 0 Å². The molecule has 0 radical (unpaired) electrons. The van der Waals surface area contributed by atoms with Gasteiger partial charge in [-0.15, -0.1) is 0 Å². The van der Waals surface area contributed by atoms with E-state index in [9.17, 15) is 14.4 Å². The summed E-state index contributed by atoms with van der Waals surface area (Å²) in [4.78, 5) is 37.9. The van der Waals surface area contributed by atoms with Crippen molar-refractivity contribution in [2.45, 2.75) is 226 Å². The quantitative estimate of drug-likeness (QED) is 0.0263. The summed E-state index contributed by atoms with van der Waals surface area (Å²) in [5.41, 5.74) is 0. The van der Waals surface area contributed by atoms with Crippen molar-refractivity contribution in [2.24, 2.45) is 0 Å². The molecule has 1 atom stereocenters. The molecule has 6 heteroatoms. The van der Waals surface area contributed by atoms with Crippen molar-refractivity contribution in [3.8, 4) is 0 Å². The summed E-state index contributed by atoms with van der Waals surface area (Å²) in [5.74, 6) is -0.975. The summed E-state index contributed by atoms with van der Waals surface area (Å²) in [6.07, 6.45) is 65.4. The van der Waals surface area contributed by atoms with Crippen molar-refractivity contribution in [3.63, 3.8) is 0 Å². The highest BCUT2D eigenvalue weighted by atomic mass is 16.6. The third-order valence-corrected chi connectivity index (χ3v) is 10.3. The van der Waals surface area contributed by atoms with Crippen LogP contribution in [0.1, 0.15) is 220 Å². The Morgan fingerprint density at radius 3 is 1.05 bits per heavy atom. The molecule has 352 valence electrons. The molecule has 0 aromatic heterocycles. The topological polar surface area (TPSA) is 78.9 Å². The molecule has 0 fully saturated rings. The summed E-state index contributed by atoms with van der Waals surface area (Å²) in [6, 6.07) is 0. The van der Waals surface area contributed by atoms with Gasteiger partial charge in [0.1, 0.15) is 13.2 Å². The Bertz CT molecular complexity index is 1260. The van der Waals surface area contributed by atoms with Crippen LogP contribution in [0.3, 0.4) is 0 Å². The van der Waals surface area contributed by atoms with Gasteiger partial charge in [-0.25, -0.2) is 0 Å². The number of unbranched alkanes of at least 4 members (excludes halogenated alkanes) is 17. The average Bonchev–Trinajstić information content (AvgIpc) is 3.27.